The number of anilines is 2. The maximum atomic E-state index is 12.2. The number of ether oxygens (including phenoxy) is 1. The Morgan fingerprint density at radius 1 is 1.50 bits per heavy atom. The van der Waals surface area contributed by atoms with Crippen molar-refractivity contribution in [1.29, 1.82) is 0 Å². The van der Waals surface area contributed by atoms with E-state index in [4.69, 9.17) is 10.5 Å². The molecule has 0 aliphatic heterocycles. The third kappa shape index (κ3) is 3.04. The second kappa shape index (κ2) is 6.41. The summed E-state index contributed by atoms with van der Waals surface area (Å²) in [4.78, 5) is 19.1. The summed E-state index contributed by atoms with van der Waals surface area (Å²) in [6, 6.07) is 0.186. The maximum Gasteiger partial charge on any atom is 0.265 e. The molecule has 20 heavy (non-hydrogen) atoms. The van der Waals surface area contributed by atoms with Crippen LogP contribution in [-0.4, -0.2) is 43.2 Å². The topological polar surface area (TPSA) is 80.5 Å². The van der Waals surface area contributed by atoms with Gasteiger partial charge in [0.05, 0.1) is 6.10 Å². The molecule has 1 aliphatic carbocycles. The minimum Gasteiger partial charge on any atom is -0.382 e. The first-order chi connectivity index (χ1) is 9.58. The SMILES string of the molecule is CCN(CC)c1nc(N)c(C(=O)NC2CC(OC)C2)s1. The zero-order chi connectivity index (χ0) is 14.7. The number of hydrogen-bond acceptors (Lipinski definition) is 6. The van der Waals surface area contributed by atoms with E-state index in [-0.39, 0.29) is 18.1 Å². The van der Waals surface area contributed by atoms with Gasteiger partial charge >= 0.3 is 0 Å². The molecule has 1 fully saturated rings. The van der Waals surface area contributed by atoms with E-state index in [2.05, 4.69) is 29.0 Å². The quantitative estimate of drug-likeness (QED) is 0.831. The van der Waals surface area contributed by atoms with Gasteiger partial charge in [0, 0.05) is 26.2 Å². The van der Waals surface area contributed by atoms with Crippen LogP contribution in [0.4, 0.5) is 10.9 Å². The number of nitrogen functional groups attached to an aromatic ring is 1. The predicted octanol–water partition coefficient (Wildman–Crippen LogP) is 1.48. The predicted molar refractivity (Wildman–Crippen MR) is 81.4 cm³/mol. The van der Waals surface area contributed by atoms with Gasteiger partial charge in [-0.2, -0.15) is 0 Å². The zero-order valence-electron chi connectivity index (χ0n) is 12.2. The number of nitrogens with two attached hydrogens (primary N) is 1. The number of carbonyl (C=O) groups excluding carboxylic acids is 1. The second-order valence-electron chi connectivity index (χ2n) is 4.88. The molecule has 112 valence electrons. The second-order valence-corrected chi connectivity index (χ2v) is 5.86. The number of hydrogen-bond donors (Lipinski definition) is 2. The molecular formula is C13H22N4O2S. The Labute approximate surface area is 123 Å². The Morgan fingerprint density at radius 3 is 2.70 bits per heavy atom. The number of thiazole rings is 1. The molecule has 0 atom stereocenters. The molecule has 1 aliphatic rings. The minimum atomic E-state index is -0.127. The van der Waals surface area contributed by atoms with Crippen molar-refractivity contribution in [2.24, 2.45) is 0 Å². The highest BCUT2D eigenvalue weighted by Crippen LogP contribution is 2.29. The first-order valence-electron chi connectivity index (χ1n) is 6.93. The van der Waals surface area contributed by atoms with E-state index in [1.807, 2.05) is 0 Å². The molecule has 0 saturated heterocycles. The molecule has 7 heteroatoms. The van der Waals surface area contributed by atoms with E-state index in [0.29, 0.717) is 10.7 Å². The molecule has 3 N–H and O–H groups in total. The van der Waals surface area contributed by atoms with Crippen LogP contribution in [0.15, 0.2) is 0 Å². The first-order valence-corrected chi connectivity index (χ1v) is 7.75. The van der Waals surface area contributed by atoms with Crippen molar-refractivity contribution < 1.29 is 9.53 Å². The maximum absolute atomic E-state index is 12.2. The molecule has 0 aromatic carbocycles. The van der Waals surface area contributed by atoms with E-state index < -0.39 is 0 Å². The van der Waals surface area contributed by atoms with Gasteiger partial charge in [0.15, 0.2) is 5.13 Å². The van der Waals surface area contributed by atoms with Gasteiger partial charge in [0.25, 0.3) is 5.91 Å². The fourth-order valence-electron chi connectivity index (χ4n) is 2.24. The largest absolute Gasteiger partial charge is 0.382 e. The van der Waals surface area contributed by atoms with E-state index in [9.17, 15) is 4.79 Å². The van der Waals surface area contributed by atoms with Gasteiger partial charge in [-0.15, -0.1) is 0 Å². The average Bonchev–Trinajstić information content (AvgIpc) is 2.76. The number of methoxy groups -OCH3 is 1. The summed E-state index contributed by atoms with van der Waals surface area (Å²) in [5.41, 5.74) is 5.87. The average molecular weight is 298 g/mol. The van der Waals surface area contributed by atoms with E-state index >= 15 is 0 Å². The highest BCUT2D eigenvalue weighted by Gasteiger charge is 2.31. The number of carbonyl (C=O) groups is 1. The van der Waals surface area contributed by atoms with Gasteiger partial charge in [0.1, 0.15) is 10.7 Å². The van der Waals surface area contributed by atoms with Crippen LogP contribution in [0.25, 0.3) is 0 Å². The summed E-state index contributed by atoms with van der Waals surface area (Å²) in [6.45, 7) is 5.81. The molecule has 1 amide bonds. The number of nitrogens with zero attached hydrogens (tertiary/aromatic N) is 2. The normalized spacial score (nSPS) is 21.4. The minimum absolute atomic E-state index is 0.127. The van der Waals surface area contributed by atoms with Crippen molar-refractivity contribution >= 4 is 28.2 Å². The summed E-state index contributed by atoms with van der Waals surface area (Å²) in [7, 11) is 1.69. The van der Waals surface area contributed by atoms with Crippen LogP contribution in [0, 0.1) is 0 Å². The van der Waals surface area contributed by atoms with Crippen molar-refractivity contribution in [2.75, 3.05) is 30.8 Å². The summed E-state index contributed by atoms with van der Waals surface area (Å²) in [6.07, 6.45) is 2.00. The summed E-state index contributed by atoms with van der Waals surface area (Å²) < 4.78 is 5.20. The molecule has 6 nitrogen and oxygen atoms in total. The molecule has 1 saturated carbocycles. The third-order valence-electron chi connectivity index (χ3n) is 3.65. The van der Waals surface area contributed by atoms with Gasteiger partial charge < -0.3 is 20.7 Å². The number of nitrogens with one attached hydrogen (secondary N) is 1. The molecule has 1 aromatic rings. The summed E-state index contributed by atoms with van der Waals surface area (Å²) >= 11 is 1.35. The highest BCUT2D eigenvalue weighted by atomic mass is 32.1. The van der Waals surface area contributed by atoms with Crippen LogP contribution in [-0.2, 0) is 4.74 Å². The number of aromatic nitrogens is 1. The fraction of sp³-hybridized carbons (Fsp3) is 0.692. The van der Waals surface area contributed by atoms with Crippen molar-refractivity contribution in [3.05, 3.63) is 4.88 Å². The molecule has 1 aromatic heterocycles. The van der Waals surface area contributed by atoms with Gasteiger partial charge in [0.2, 0.25) is 0 Å². The molecule has 0 radical (unpaired) electrons. The van der Waals surface area contributed by atoms with Gasteiger partial charge in [-0.05, 0) is 26.7 Å². The van der Waals surface area contributed by atoms with Crippen LogP contribution >= 0.6 is 11.3 Å². The van der Waals surface area contributed by atoms with Crippen molar-refractivity contribution in [1.82, 2.24) is 10.3 Å². The smallest absolute Gasteiger partial charge is 0.265 e. The Kier molecular flexibility index (Phi) is 4.82. The number of amides is 1. The Hall–Kier alpha value is -1.34. The molecule has 1 heterocycles. The lowest BCUT2D eigenvalue weighted by Crippen LogP contribution is -2.47. The first kappa shape index (κ1) is 15.1. The monoisotopic (exact) mass is 298 g/mol. The van der Waals surface area contributed by atoms with Crippen LogP contribution in [0.2, 0.25) is 0 Å². The van der Waals surface area contributed by atoms with Crippen LogP contribution in [0.1, 0.15) is 36.4 Å². The zero-order valence-corrected chi connectivity index (χ0v) is 13.0. The lowest BCUT2D eigenvalue weighted by Gasteiger charge is -2.34. The van der Waals surface area contributed by atoms with Crippen LogP contribution < -0.4 is 16.0 Å². The molecular weight excluding hydrogens is 276 g/mol. The third-order valence-corrected chi connectivity index (χ3v) is 4.78. The fourth-order valence-corrected chi connectivity index (χ4v) is 3.25. The van der Waals surface area contributed by atoms with Crippen molar-refractivity contribution in [3.63, 3.8) is 0 Å². The van der Waals surface area contributed by atoms with Gasteiger partial charge in [-0.3, -0.25) is 4.79 Å². The van der Waals surface area contributed by atoms with Gasteiger partial charge in [-0.25, -0.2) is 4.98 Å². The molecule has 0 unspecified atom stereocenters. The summed E-state index contributed by atoms with van der Waals surface area (Å²) in [5.74, 6) is 0.190. The molecule has 2 rings (SSSR count). The van der Waals surface area contributed by atoms with E-state index in [1.165, 1.54) is 11.3 Å². The highest BCUT2D eigenvalue weighted by molar-refractivity contribution is 7.18. The Balaban J connectivity index is 1.99. The summed E-state index contributed by atoms with van der Waals surface area (Å²) in [5, 5.41) is 3.79. The van der Waals surface area contributed by atoms with Crippen molar-refractivity contribution in [3.8, 4) is 0 Å². The van der Waals surface area contributed by atoms with E-state index in [0.717, 1.165) is 31.1 Å². The lowest BCUT2D eigenvalue weighted by molar-refractivity contribution is 0.0177. The molecule has 0 spiro atoms. The van der Waals surface area contributed by atoms with Crippen LogP contribution in [0.5, 0.6) is 0 Å². The van der Waals surface area contributed by atoms with Gasteiger partial charge in [-0.1, -0.05) is 11.3 Å². The Bertz CT molecular complexity index is 467. The number of rotatable bonds is 6. The van der Waals surface area contributed by atoms with Crippen LogP contribution in [0.3, 0.4) is 0 Å². The Morgan fingerprint density at radius 2 is 2.15 bits per heavy atom. The molecule has 0 bridgehead atoms. The van der Waals surface area contributed by atoms with E-state index in [1.54, 1.807) is 7.11 Å². The standard InChI is InChI=1S/C13H22N4O2S/c1-4-17(5-2)13-16-11(14)10(20-13)12(18)15-8-6-9(7-8)19-3/h8-9H,4-7,14H2,1-3H3,(H,15,18). The van der Waals surface area contributed by atoms with Crippen molar-refractivity contribution in [2.45, 2.75) is 38.8 Å². The lowest BCUT2D eigenvalue weighted by atomic mass is 9.89.